The third kappa shape index (κ3) is 7.63. The van der Waals surface area contributed by atoms with Gasteiger partial charge in [-0.3, -0.25) is 4.79 Å². The van der Waals surface area contributed by atoms with E-state index in [1.54, 1.807) is 0 Å². The summed E-state index contributed by atoms with van der Waals surface area (Å²) < 4.78 is 0. The zero-order chi connectivity index (χ0) is 12.6. The predicted octanol–water partition coefficient (Wildman–Crippen LogP) is 3.46. The van der Waals surface area contributed by atoms with Gasteiger partial charge in [0.15, 0.2) is 0 Å². The standard InChI is InChI=1S/C14H27NO/c1-5-6-7-8-9-10-12(16)11-13(15)14(2,3)4/h5,13H,1,6-11,15H2,2-4H3. The van der Waals surface area contributed by atoms with E-state index in [2.05, 4.69) is 27.4 Å². The Labute approximate surface area is 100 Å². The minimum absolute atomic E-state index is 0.0202. The van der Waals surface area contributed by atoms with Gasteiger partial charge in [-0.05, 0) is 24.7 Å². The molecule has 0 saturated carbocycles. The van der Waals surface area contributed by atoms with Crippen molar-refractivity contribution < 1.29 is 4.79 Å². The molecule has 0 radical (unpaired) electrons. The van der Waals surface area contributed by atoms with E-state index in [0.717, 1.165) is 25.7 Å². The Morgan fingerprint density at radius 1 is 1.31 bits per heavy atom. The molecular weight excluding hydrogens is 198 g/mol. The fourth-order valence-electron chi connectivity index (χ4n) is 1.44. The lowest BCUT2D eigenvalue weighted by molar-refractivity contribution is -0.120. The Hall–Kier alpha value is -0.630. The van der Waals surface area contributed by atoms with E-state index >= 15 is 0 Å². The van der Waals surface area contributed by atoms with Crippen LogP contribution in [0.4, 0.5) is 0 Å². The van der Waals surface area contributed by atoms with Crippen LogP contribution >= 0.6 is 0 Å². The van der Waals surface area contributed by atoms with Gasteiger partial charge in [-0.1, -0.05) is 33.3 Å². The molecule has 16 heavy (non-hydrogen) atoms. The van der Waals surface area contributed by atoms with Crippen LogP contribution in [0.2, 0.25) is 0 Å². The first-order valence-electron chi connectivity index (χ1n) is 6.26. The third-order valence-electron chi connectivity index (χ3n) is 2.92. The molecule has 0 amide bonds. The minimum Gasteiger partial charge on any atom is -0.327 e. The highest BCUT2D eigenvalue weighted by Gasteiger charge is 2.22. The second-order valence-corrected chi connectivity index (χ2v) is 5.60. The summed E-state index contributed by atoms with van der Waals surface area (Å²) in [7, 11) is 0. The first-order valence-corrected chi connectivity index (χ1v) is 6.26. The van der Waals surface area contributed by atoms with Gasteiger partial charge in [-0.2, -0.15) is 0 Å². The van der Waals surface area contributed by atoms with Crippen LogP contribution in [-0.4, -0.2) is 11.8 Å². The molecule has 0 bridgehead atoms. The van der Waals surface area contributed by atoms with Crippen LogP contribution in [0.5, 0.6) is 0 Å². The maximum atomic E-state index is 11.6. The average molecular weight is 225 g/mol. The highest BCUT2D eigenvalue weighted by Crippen LogP contribution is 2.20. The van der Waals surface area contributed by atoms with E-state index in [1.807, 2.05) is 6.08 Å². The molecule has 2 N–H and O–H groups in total. The van der Waals surface area contributed by atoms with Gasteiger partial charge in [-0.15, -0.1) is 6.58 Å². The van der Waals surface area contributed by atoms with Gasteiger partial charge < -0.3 is 5.73 Å². The van der Waals surface area contributed by atoms with Crippen molar-refractivity contribution in [3.05, 3.63) is 12.7 Å². The smallest absolute Gasteiger partial charge is 0.134 e. The highest BCUT2D eigenvalue weighted by molar-refractivity contribution is 5.79. The maximum absolute atomic E-state index is 11.6. The maximum Gasteiger partial charge on any atom is 0.134 e. The topological polar surface area (TPSA) is 43.1 Å². The Kier molecular flexibility index (Phi) is 7.31. The number of carbonyl (C=O) groups is 1. The Bertz CT molecular complexity index is 215. The molecule has 2 heteroatoms. The van der Waals surface area contributed by atoms with Gasteiger partial charge in [0.05, 0.1) is 0 Å². The molecule has 0 heterocycles. The fraction of sp³-hybridized carbons (Fsp3) is 0.786. The van der Waals surface area contributed by atoms with E-state index in [4.69, 9.17) is 5.73 Å². The van der Waals surface area contributed by atoms with Gasteiger partial charge in [0.1, 0.15) is 5.78 Å². The van der Waals surface area contributed by atoms with Crippen molar-refractivity contribution in [3.63, 3.8) is 0 Å². The van der Waals surface area contributed by atoms with E-state index in [0.29, 0.717) is 18.6 Å². The van der Waals surface area contributed by atoms with Crippen molar-refractivity contribution in [3.8, 4) is 0 Å². The predicted molar refractivity (Wildman–Crippen MR) is 70.3 cm³/mol. The van der Waals surface area contributed by atoms with Crippen molar-refractivity contribution in [2.24, 2.45) is 11.1 Å². The molecular formula is C14H27NO. The lowest BCUT2D eigenvalue weighted by Gasteiger charge is -2.26. The van der Waals surface area contributed by atoms with E-state index in [-0.39, 0.29) is 11.5 Å². The average Bonchev–Trinajstić information content (AvgIpc) is 2.16. The number of ketones is 1. The van der Waals surface area contributed by atoms with Crippen molar-refractivity contribution in [1.82, 2.24) is 0 Å². The molecule has 0 aliphatic heterocycles. The highest BCUT2D eigenvalue weighted by atomic mass is 16.1. The summed E-state index contributed by atoms with van der Waals surface area (Å²) in [6.07, 6.45) is 7.42. The Morgan fingerprint density at radius 3 is 2.44 bits per heavy atom. The second-order valence-electron chi connectivity index (χ2n) is 5.60. The lowest BCUT2D eigenvalue weighted by atomic mass is 9.84. The quantitative estimate of drug-likeness (QED) is 0.508. The van der Waals surface area contributed by atoms with Gasteiger partial charge in [0.25, 0.3) is 0 Å². The molecule has 0 aromatic heterocycles. The zero-order valence-corrected chi connectivity index (χ0v) is 11.1. The molecule has 0 rings (SSSR count). The van der Waals surface area contributed by atoms with Gasteiger partial charge >= 0.3 is 0 Å². The lowest BCUT2D eigenvalue weighted by Crippen LogP contribution is -2.36. The summed E-state index contributed by atoms with van der Waals surface area (Å²) >= 11 is 0. The van der Waals surface area contributed by atoms with E-state index in [9.17, 15) is 4.79 Å². The molecule has 2 nitrogen and oxygen atoms in total. The van der Waals surface area contributed by atoms with Crippen LogP contribution in [-0.2, 0) is 4.79 Å². The summed E-state index contributed by atoms with van der Waals surface area (Å²) in [4.78, 5) is 11.6. The normalized spacial score (nSPS) is 13.5. The Balaban J connectivity index is 3.63. The number of hydrogen-bond donors (Lipinski definition) is 1. The van der Waals surface area contributed by atoms with Gasteiger partial charge in [-0.25, -0.2) is 0 Å². The molecule has 0 aliphatic carbocycles. The van der Waals surface area contributed by atoms with Crippen LogP contribution in [0, 0.1) is 5.41 Å². The number of rotatable bonds is 8. The van der Waals surface area contributed by atoms with E-state index in [1.165, 1.54) is 0 Å². The molecule has 1 atom stereocenters. The molecule has 94 valence electrons. The number of nitrogens with two attached hydrogens (primary N) is 1. The van der Waals surface area contributed by atoms with Gasteiger partial charge in [0, 0.05) is 18.9 Å². The summed E-state index contributed by atoms with van der Waals surface area (Å²) in [6, 6.07) is -0.0202. The first kappa shape index (κ1) is 15.4. The first-order chi connectivity index (χ1) is 7.38. The summed E-state index contributed by atoms with van der Waals surface area (Å²) in [5.41, 5.74) is 6.00. The molecule has 0 aromatic carbocycles. The van der Waals surface area contributed by atoms with Crippen molar-refractivity contribution in [2.45, 2.75) is 65.3 Å². The van der Waals surface area contributed by atoms with Gasteiger partial charge in [0.2, 0.25) is 0 Å². The Morgan fingerprint density at radius 2 is 1.94 bits per heavy atom. The largest absolute Gasteiger partial charge is 0.327 e. The monoisotopic (exact) mass is 225 g/mol. The molecule has 0 aliphatic rings. The van der Waals surface area contributed by atoms with Crippen LogP contribution < -0.4 is 5.73 Å². The fourth-order valence-corrected chi connectivity index (χ4v) is 1.44. The summed E-state index contributed by atoms with van der Waals surface area (Å²) in [5.74, 6) is 0.307. The minimum atomic E-state index is -0.0202. The van der Waals surface area contributed by atoms with Crippen molar-refractivity contribution >= 4 is 5.78 Å². The third-order valence-corrected chi connectivity index (χ3v) is 2.92. The number of carbonyl (C=O) groups excluding carboxylic acids is 1. The van der Waals surface area contributed by atoms with E-state index < -0.39 is 0 Å². The van der Waals surface area contributed by atoms with Crippen molar-refractivity contribution in [1.29, 1.82) is 0 Å². The number of unbranched alkanes of at least 4 members (excludes halogenated alkanes) is 3. The number of hydrogen-bond acceptors (Lipinski definition) is 2. The molecule has 1 unspecified atom stereocenters. The number of Topliss-reactive ketones (excluding diaryl/α,β-unsaturated/α-hetero) is 1. The molecule has 0 spiro atoms. The summed E-state index contributed by atoms with van der Waals surface area (Å²) in [6.45, 7) is 9.91. The SMILES string of the molecule is C=CCCCCCC(=O)CC(N)C(C)(C)C. The van der Waals surface area contributed by atoms with Crippen molar-refractivity contribution in [2.75, 3.05) is 0 Å². The second kappa shape index (κ2) is 7.61. The molecule has 0 fully saturated rings. The number of allylic oxidation sites excluding steroid dienone is 1. The molecule has 0 aromatic rings. The van der Waals surface area contributed by atoms with Crippen LogP contribution in [0.15, 0.2) is 12.7 Å². The van der Waals surface area contributed by atoms with Crippen LogP contribution in [0.1, 0.15) is 59.3 Å². The zero-order valence-electron chi connectivity index (χ0n) is 11.1. The van der Waals surface area contributed by atoms with Crippen LogP contribution in [0.3, 0.4) is 0 Å². The van der Waals surface area contributed by atoms with Crippen LogP contribution in [0.25, 0.3) is 0 Å². The summed E-state index contributed by atoms with van der Waals surface area (Å²) in [5, 5.41) is 0. The molecule has 0 saturated heterocycles.